The summed E-state index contributed by atoms with van der Waals surface area (Å²) in [4.78, 5) is 12.8. The molecule has 4 heterocycles. The predicted molar refractivity (Wildman–Crippen MR) is 218 cm³/mol. The van der Waals surface area contributed by atoms with Crippen molar-refractivity contribution in [2.45, 2.75) is 186 Å². The van der Waals surface area contributed by atoms with Gasteiger partial charge >= 0.3 is 0 Å². The molecule has 0 radical (unpaired) electrons. The van der Waals surface area contributed by atoms with Crippen LogP contribution in [0.25, 0.3) is 0 Å². The Morgan fingerprint density at radius 1 is 0.429 bits per heavy atom. The van der Waals surface area contributed by atoms with Gasteiger partial charge in [0.05, 0.1) is 12.7 Å². The third-order valence-electron chi connectivity index (χ3n) is 12.2. The number of piperazine rings is 1. The average Bonchev–Trinajstić information content (AvgIpc) is 3.05. The van der Waals surface area contributed by atoms with Gasteiger partial charge in [-0.25, -0.2) is 0 Å². The monoisotopic (exact) mass is 694 g/mol. The van der Waals surface area contributed by atoms with Gasteiger partial charge in [0.1, 0.15) is 0 Å². The van der Waals surface area contributed by atoms with Crippen molar-refractivity contribution in [1.82, 2.24) is 24.5 Å². The molecular formula is C43H91N5O. The molecule has 6 heteroatoms. The molecule has 0 bridgehead atoms. The first-order chi connectivity index (χ1) is 22.8. The number of hydrogen-bond donors (Lipinski definition) is 0. The van der Waals surface area contributed by atoms with E-state index < -0.39 is 0 Å². The molecule has 0 N–H and O–H groups in total. The highest BCUT2D eigenvalue weighted by Gasteiger charge is 2.28. The van der Waals surface area contributed by atoms with Crippen molar-refractivity contribution in [3.05, 3.63) is 0 Å². The molecule has 0 saturated carbocycles. The molecule has 294 valence electrons. The van der Waals surface area contributed by atoms with E-state index >= 15 is 0 Å². The highest BCUT2D eigenvalue weighted by molar-refractivity contribution is 4.82. The van der Waals surface area contributed by atoms with Crippen LogP contribution >= 0.6 is 0 Å². The van der Waals surface area contributed by atoms with Crippen LogP contribution in [0, 0.1) is 29.6 Å². The van der Waals surface area contributed by atoms with Gasteiger partial charge < -0.3 is 9.64 Å². The van der Waals surface area contributed by atoms with E-state index in [1.54, 1.807) is 0 Å². The van der Waals surface area contributed by atoms with Crippen LogP contribution in [0.4, 0.5) is 0 Å². The second-order valence-corrected chi connectivity index (χ2v) is 18.4. The van der Waals surface area contributed by atoms with Crippen LogP contribution in [0.5, 0.6) is 0 Å². The Labute approximate surface area is 309 Å². The van der Waals surface area contributed by atoms with Crippen molar-refractivity contribution in [3.8, 4) is 0 Å². The number of hydrogen-bond acceptors (Lipinski definition) is 6. The Kier molecular flexibility index (Phi) is 23.1. The second-order valence-electron chi connectivity index (χ2n) is 18.4. The van der Waals surface area contributed by atoms with Crippen molar-refractivity contribution < 1.29 is 4.74 Å². The molecule has 4 aliphatic rings. The number of nitrogens with zero attached hydrogens (tertiary/aromatic N) is 5. The third-order valence-corrected chi connectivity index (χ3v) is 12.2. The van der Waals surface area contributed by atoms with Crippen molar-refractivity contribution in [2.24, 2.45) is 29.6 Å². The number of ether oxygens (including phenoxy) is 1. The molecule has 3 atom stereocenters. The van der Waals surface area contributed by atoms with Crippen LogP contribution in [0.3, 0.4) is 0 Å². The van der Waals surface area contributed by atoms with Gasteiger partial charge in [-0.3, -0.25) is 19.6 Å². The lowest BCUT2D eigenvalue weighted by Crippen LogP contribution is -2.50. The second kappa shape index (κ2) is 24.1. The molecular weight excluding hydrogens is 603 g/mol. The molecule has 4 aliphatic heterocycles. The topological polar surface area (TPSA) is 25.4 Å². The van der Waals surface area contributed by atoms with Gasteiger partial charge in [0.25, 0.3) is 0 Å². The summed E-state index contributed by atoms with van der Waals surface area (Å²) in [5, 5.41) is 0. The van der Waals surface area contributed by atoms with E-state index in [0.29, 0.717) is 18.1 Å². The maximum atomic E-state index is 5.68. The largest absolute Gasteiger partial charge is 0.375 e. The zero-order valence-electron chi connectivity index (χ0n) is 36.5. The van der Waals surface area contributed by atoms with Gasteiger partial charge in [0.2, 0.25) is 0 Å². The maximum absolute atomic E-state index is 5.68. The van der Waals surface area contributed by atoms with Crippen LogP contribution in [0.2, 0.25) is 0 Å². The van der Waals surface area contributed by atoms with Gasteiger partial charge in [-0.1, -0.05) is 41.5 Å². The van der Waals surface area contributed by atoms with Crippen LogP contribution < -0.4 is 0 Å². The van der Waals surface area contributed by atoms with E-state index in [4.69, 9.17) is 4.74 Å². The third kappa shape index (κ3) is 17.9. The molecule has 6 nitrogen and oxygen atoms in total. The SMILES string of the molecule is CC(C)C1CCN(C(C)C)C(C)C1.CC(C)C1CCN(C(C)C)CC1.CC(C)C1CN(C(C)C)CCO1.CC(C)N1CCN(C(C)C)CC1. The van der Waals surface area contributed by atoms with Crippen LogP contribution in [-0.2, 0) is 4.74 Å². The highest BCUT2D eigenvalue weighted by atomic mass is 16.5. The van der Waals surface area contributed by atoms with Crippen molar-refractivity contribution >= 4 is 0 Å². The summed E-state index contributed by atoms with van der Waals surface area (Å²) in [6.07, 6.45) is 6.07. The zero-order valence-corrected chi connectivity index (χ0v) is 36.5. The predicted octanol–water partition coefficient (Wildman–Crippen LogP) is 9.09. The molecule has 0 aromatic heterocycles. The minimum absolute atomic E-state index is 0.446. The fraction of sp³-hybridized carbons (Fsp3) is 1.00. The number of morpholine rings is 1. The van der Waals surface area contributed by atoms with Crippen molar-refractivity contribution in [1.29, 1.82) is 0 Å². The Hall–Kier alpha value is -0.240. The van der Waals surface area contributed by atoms with Crippen LogP contribution in [0.15, 0.2) is 0 Å². The molecule has 4 rings (SSSR count). The molecule has 3 unspecified atom stereocenters. The van der Waals surface area contributed by atoms with E-state index in [2.05, 4.69) is 142 Å². The molecule has 4 saturated heterocycles. The highest BCUT2D eigenvalue weighted by Crippen LogP contribution is 2.29. The fourth-order valence-electron chi connectivity index (χ4n) is 8.04. The summed E-state index contributed by atoms with van der Waals surface area (Å²) in [5.41, 5.74) is 0. The van der Waals surface area contributed by atoms with Crippen molar-refractivity contribution in [3.63, 3.8) is 0 Å². The molecule has 49 heavy (non-hydrogen) atoms. The molecule has 0 amide bonds. The van der Waals surface area contributed by atoms with E-state index in [1.807, 2.05) is 0 Å². The minimum Gasteiger partial charge on any atom is -0.375 e. The summed E-state index contributed by atoms with van der Waals surface area (Å²) >= 11 is 0. The maximum Gasteiger partial charge on any atom is 0.0725 e. The smallest absolute Gasteiger partial charge is 0.0725 e. The molecule has 4 fully saturated rings. The number of piperidine rings is 2. The first-order valence-corrected chi connectivity index (χ1v) is 21.2. The lowest BCUT2D eigenvalue weighted by Gasteiger charge is -2.41. The molecule has 0 spiro atoms. The van der Waals surface area contributed by atoms with E-state index in [-0.39, 0.29) is 0 Å². The number of rotatable bonds is 8. The molecule has 0 aromatic rings. The summed E-state index contributed by atoms with van der Waals surface area (Å²) in [5.74, 6) is 4.35. The van der Waals surface area contributed by atoms with E-state index in [9.17, 15) is 0 Å². The quantitative estimate of drug-likeness (QED) is 0.252. The van der Waals surface area contributed by atoms with Crippen molar-refractivity contribution in [2.75, 3.05) is 65.5 Å². The lowest BCUT2D eigenvalue weighted by atomic mass is 9.83. The first kappa shape index (κ1) is 46.8. The van der Waals surface area contributed by atoms with Gasteiger partial charge in [0.15, 0.2) is 0 Å². The Balaban J connectivity index is 0.000000327. The van der Waals surface area contributed by atoms with Crippen LogP contribution in [0.1, 0.15) is 143 Å². The van der Waals surface area contributed by atoms with Gasteiger partial charge in [0, 0.05) is 75.5 Å². The minimum atomic E-state index is 0.446. The fourth-order valence-corrected chi connectivity index (χ4v) is 8.04. The normalized spacial score (nSPS) is 26.0. The van der Waals surface area contributed by atoms with E-state index in [1.165, 1.54) is 71.5 Å². The Bertz CT molecular complexity index is 718. The number of likely N-dealkylation sites (tertiary alicyclic amines) is 2. The standard InChI is InChI=1S/C12H25N.C11H23N.C10H22N2.C10H21NO/c1-9(2)12-6-7-13(10(3)4)11(5)8-12;2*1-9(2)11-5-7-12(8-6-11)10(3)4;1-8(2)10-7-11(9(3)4)5-6-12-10/h9-12H,6-8H2,1-5H3;9-11H,5-8H2,1-4H3;9-10H,5-8H2,1-4H3;8-10H,5-7H2,1-4H3. The Morgan fingerprint density at radius 2 is 0.837 bits per heavy atom. The average molecular weight is 694 g/mol. The van der Waals surface area contributed by atoms with Gasteiger partial charge in [-0.2, -0.15) is 0 Å². The zero-order chi connectivity index (χ0) is 37.4. The summed E-state index contributed by atoms with van der Waals surface area (Å²) < 4.78 is 5.68. The van der Waals surface area contributed by atoms with Gasteiger partial charge in [-0.05, 0) is 151 Å². The molecule has 0 aromatic carbocycles. The van der Waals surface area contributed by atoms with Gasteiger partial charge in [-0.15, -0.1) is 0 Å². The lowest BCUT2D eigenvalue weighted by molar-refractivity contribution is -0.0591. The summed E-state index contributed by atoms with van der Waals surface area (Å²) in [7, 11) is 0. The van der Waals surface area contributed by atoms with Crippen LogP contribution in [-0.4, -0.2) is 132 Å². The molecule has 0 aliphatic carbocycles. The van der Waals surface area contributed by atoms with E-state index in [0.717, 1.165) is 73.6 Å². The Morgan fingerprint density at radius 3 is 1.18 bits per heavy atom. The summed E-state index contributed by atoms with van der Waals surface area (Å²) in [6.45, 7) is 51.2. The summed E-state index contributed by atoms with van der Waals surface area (Å²) in [6, 6.07) is 4.37. The first-order valence-electron chi connectivity index (χ1n) is 21.2.